The van der Waals surface area contributed by atoms with Crippen LogP contribution in [-0.4, -0.2) is 58.5 Å². The molecule has 1 aromatic carbocycles. The summed E-state index contributed by atoms with van der Waals surface area (Å²) >= 11 is 0. The van der Waals surface area contributed by atoms with E-state index in [1.165, 1.54) is 0 Å². The van der Waals surface area contributed by atoms with Gasteiger partial charge in [-0.3, -0.25) is 4.90 Å². The number of benzene rings is 1. The fourth-order valence-electron chi connectivity index (χ4n) is 3.24. The van der Waals surface area contributed by atoms with Crippen molar-refractivity contribution in [2.75, 3.05) is 32.9 Å². The first-order valence-corrected chi connectivity index (χ1v) is 9.24. The van der Waals surface area contributed by atoms with Gasteiger partial charge in [-0.2, -0.15) is 0 Å². The third kappa shape index (κ3) is 4.84. The zero-order chi connectivity index (χ0) is 18.6. The molecule has 0 spiro atoms. The van der Waals surface area contributed by atoms with Gasteiger partial charge in [0.25, 0.3) is 0 Å². The van der Waals surface area contributed by atoms with Gasteiger partial charge < -0.3 is 19.6 Å². The van der Waals surface area contributed by atoms with Crippen molar-refractivity contribution in [3.63, 3.8) is 0 Å². The number of aliphatic hydroxyl groups is 1. The number of ether oxygens (including phenoxy) is 2. The standard InChI is InChI=1S/C20H29N3O3/c1-4-19-21-16(3)18(22-19)11-23-8-9-25-13-20(24,12-23)14-26-17-7-5-6-15(2)10-17/h5-7,10,24H,4,8-9,11-14H2,1-3H3,(H,21,22)/t20-/m1/s1. The Hall–Kier alpha value is -1.89. The van der Waals surface area contributed by atoms with Crippen LogP contribution in [0.15, 0.2) is 24.3 Å². The summed E-state index contributed by atoms with van der Waals surface area (Å²) in [5.74, 6) is 1.77. The molecule has 0 radical (unpaired) electrons. The van der Waals surface area contributed by atoms with Crippen LogP contribution in [0.4, 0.5) is 0 Å². The van der Waals surface area contributed by atoms with Crippen molar-refractivity contribution in [1.29, 1.82) is 0 Å². The molecule has 142 valence electrons. The van der Waals surface area contributed by atoms with Crippen molar-refractivity contribution >= 4 is 0 Å². The minimum absolute atomic E-state index is 0.201. The Morgan fingerprint density at radius 3 is 2.96 bits per heavy atom. The van der Waals surface area contributed by atoms with Crippen molar-refractivity contribution in [3.8, 4) is 5.75 Å². The third-order valence-corrected chi connectivity index (χ3v) is 4.68. The second-order valence-corrected chi connectivity index (χ2v) is 7.20. The van der Waals surface area contributed by atoms with Crippen molar-refractivity contribution < 1.29 is 14.6 Å². The Morgan fingerprint density at radius 1 is 1.38 bits per heavy atom. The fourth-order valence-corrected chi connectivity index (χ4v) is 3.24. The molecule has 0 unspecified atom stereocenters. The minimum atomic E-state index is -1.04. The Balaban J connectivity index is 1.64. The van der Waals surface area contributed by atoms with Gasteiger partial charge in [-0.1, -0.05) is 19.1 Å². The van der Waals surface area contributed by atoms with Gasteiger partial charge in [0, 0.05) is 31.7 Å². The van der Waals surface area contributed by atoms with Crippen LogP contribution in [0.25, 0.3) is 0 Å². The number of aromatic nitrogens is 2. The highest BCUT2D eigenvalue weighted by Gasteiger charge is 2.34. The van der Waals surface area contributed by atoms with Crippen LogP contribution < -0.4 is 4.74 Å². The van der Waals surface area contributed by atoms with E-state index in [4.69, 9.17) is 9.47 Å². The maximum atomic E-state index is 11.0. The molecule has 1 aromatic heterocycles. The Bertz CT molecular complexity index is 731. The Morgan fingerprint density at radius 2 is 2.23 bits per heavy atom. The molecule has 3 rings (SSSR count). The van der Waals surface area contributed by atoms with E-state index in [1.807, 2.05) is 38.1 Å². The lowest BCUT2D eigenvalue weighted by atomic mass is 10.1. The lowest BCUT2D eigenvalue weighted by molar-refractivity contribution is -0.0647. The van der Waals surface area contributed by atoms with Crippen LogP contribution in [0.1, 0.15) is 29.7 Å². The van der Waals surface area contributed by atoms with E-state index in [0.29, 0.717) is 19.7 Å². The summed E-state index contributed by atoms with van der Waals surface area (Å²) in [6, 6.07) is 7.86. The average Bonchev–Trinajstić information content (AvgIpc) is 2.85. The van der Waals surface area contributed by atoms with Crippen molar-refractivity contribution in [3.05, 3.63) is 47.0 Å². The third-order valence-electron chi connectivity index (χ3n) is 4.68. The predicted molar refractivity (Wildman–Crippen MR) is 100 cm³/mol. The monoisotopic (exact) mass is 359 g/mol. The molecule has 1 atom stereocenters. The summed E-state index contributed by atoms with van der Waals surface area (Å²) in [6.07, 6.45) is 0.887. The molecule has 2 N–H and O–H groups in total. The van der Waals surface area contributed by atoms with Crippen molar-refractivity contribution in [2.45, 2.75) is 39.3 Å². The molecule has 6 nitrogen and oxygen atoms in total. The Labute approximate surface area is 155 Å². The average molecular weight is 359 g/mol. The maximum Gasteiger partial charge on any atom is 0.134 e. The molecule has 6 heteroatoms. The van der Waals surface area contributed by atoms with Crippen LogP contribution >= 0.6 is 0 Å². The van der Waals surface area contributed by atoms with Crippen LogP contribution in [0, 0.1) is 13.8 Å². The summed E-state index contributed by atoms with van der Waals surface area (Å²) in [7, 11) is 0. The number of nitrogens with one attached hydrogen (secondary N) is 1. The van der Waals surface area contributed by atoms with Crippen molar-refractivity contribution in [1.82, 2.24) is 14.9 Å². The molecule has 0 amide bonds. The van der Waals surface area contributed by atoms with Gasteiger partial charge in [0.2, 0.25) is 0 Å². The van der Waals surface area contributed by atoms with Crippen LogP contribution in [0.5, 0.6) is 5.75 Å². The first kappa shape index (κ1) is 18.9. The quantitative estimate of drug-likeness (QED) is 0.828. The molecular weight excluding hydrogens is 330 g/mol. The smallest absolute Gasteiger partial charge is 0.134 e. The molecule has 0 bridgehead atoms. The van der Waals surface area contributed by atoms with E-state index in [1.54, 1.807) is 0 Å². The Kier molecular flexibility index (Phi) is 5.96. The normalized spacial score (nSPS) is 21.5. The molecule has 2 aromatic rings. The fraction of sp³-hybridized carbons (Fsp3) is 0.550. The highest BCUT2D eigenvalue weighted by atomic mass is 16.5. The van der Waals surface area contributed by atoms with E-state index in [-0.39, 0.29) is 13.2 Å². The number of H-pyrrole nitrogens is 1. The predicted octanol–water partition coefficient (Wildman–Crippen LogP) is 2.23. The van der Waals surface area contributed by atoms with E-state index in [9.17, 15) is 5.11 Å². The zero-order valence-corrected chi connectivity index (χ0v) is 15.9. The molecule has 26 heavy (non-hydrogen) atoms. The number of hydrogen-bond acceptors (Lipinski definition) is 5. The highest BCUT2D eigenvalue weighted by Crippen LogP contribution is 2.19. The number of hydrogen-bond donors (Lipinski definition) is 2. The van der Waals surface area contributed by atoms with E-state index in [2.05, 4.69) is 21.8 Å². The van der Waals surface area contributed by atoms with Gasteiger partial charge in [-0.15, -0.1) is 0 Å². The summed E-state index contributed by atoms with van der Waals surface area (Å²) in [5.41, 5.74) is 2.21. The van der Waals surface area contributed by atoms with E-state index < -0.39 is 5.60 Å². The second-order valence-electron chi connectivity index (χ2n) is 7.20. The van der Waals surface area contributed by atoms with Gasteiger partial charge in [0.05, 0.1) is 18.9 Å². The lowest BCUT2D eigenvalue weighted by Crippen LogP contribution is -2.48. The number of aryl methyl sites for hydroxylation is 3. The molecule has 2 heterocycles. The molecular formula is C20H29N3O3. The summed E-state index contributed by atoms with van der Waals surface area (Å²) in [5, 5.41) is 11.0. The number of rotatable bonds is 6. The van der Waals surface area contributed by atoms with E-state index >= 15 is 0 Å². The molecule has 1 aliphatic rings. The second kappa shape index (κ2) is 8.20. The number of nitrogens with zero attached hydrogens (tertiary/aromatic N) is 2. The van der Waals surface area contributed by atoms with Crippen LogP contribution in [-0.2, 0) is 17.7 Å². The largest absolute Gasteiger partial charge is 0.490 e. The topological polar surface area (TPSA) is 70.6 Å². The van der Waals surface area contributed by atoms with Gasteiger partial charge in [-0.25, -0.2) is 4.98 Å². The van der Waals surface area contributed by atoms with Crippen LogP contribution in [0.3, 0.4) is 0 Å². The SMILES string of the molecule is CCc1nc(CN2CCOC[C@@](O)(COc3cccc(C)c3)C2)c(C)[nH]1. The lowest BCUT2D eigenvalue weighted by Gasteiger charge is -2.30. The molecule has 1 saturated heterocycles. The summed E-state index contributed by atoms with van der Waals surface area (Å²) in [4.78, 5) is 10.2. The number of aromatic amines is 1. The molecule has 0 aliphatic carbocycles. The van der Waals surface area contributed by atoms with E-state index in [0.717, 1.165) is 41.5 Å². The van der Waals surface area contributed by atoms with Gasteiger partial charge in [0.1, 0.15) is 23.8 Å². The van der Waals surface area contributed by atoms with Crippen LogP contribution in [0.2, 0.25) is 0 Å². The van der Waals surface area contributed by atoms with Crippen molar-refractivity contribution in [2.24, 2.45) is 0 Å². The molecule has 1 aliphatic heterocycles. The van der Waals surface area contributed by atoms with Gasteiger partial charge >= 0.3 is 0 Å². The molecule has 1 fully saturated rings. The van der Waals surface area contributed by atoms with Gasteiger partial charge in [0.15, 0.2) is 0 Å². The number of β-amino-alcohol motifs (C(OH)–C–C–N with tert-alkyl or cyclic N) is 1. The molecule has 0 saturated carbocycles. The number of imidazole rings is 1. The maximum absolute atomic E-state index is 11.0. The highest BCUT2D eigenvalue weighted by molar-refractivity contribution is 5.27. The first-order valence-electron chi connectivity index (χ1n) is 9.24. The minimum Gasteiger partial charge on any atom is -0.490 e. The van der Waals surface area contributed by atoms with Gasteiger partial charge in [-0.05, 0) is 31.5 Å². The summed E-state index contributed by atoms with van der Waals surface area (Å²) < 4.78 is 11.5. The summed E-state index contributed by atoms with van der Waals surface area (Å²) in [6.45, 7) is 9.17. The zero-order valence-electron chi connectivity index (χ0n) is 15.9. The first-order chi connectivity index (χ1) is 12.5.